The highest BCUT2D eigenvalue weighted by Gasteiger charge is 2.07. The first-order valence-corrected chi connectivity index (χ1v) is 6.54. The largest absolute Gasteiger partial charge is 0.491 e. The maximum atomic E-state index is 11.5. The number of rotatable bonds is 6. The molecule has 0 aliphatic carbocycles. The van der Waals surface area contributed by atoms with Crippen LogP contribution in [-0.4, -0.2) is 26.1 Å². The van der Waals surface area contributed by atoms with Crippen LogP contribution in [-0.2, 0) is 4.74 Å². The maximum Gasteiger partial charge on any atom is 0.159 e. The zero-order valence-electron chi connectivity index (χ0n) is 11.8. The molecule has 0 spiro atoms. The van der Waals surface area contributed by atoms with E-state index in [0.717, 1.165) is 16.9 Å². The average molecular weight is 270 g/mol. The van der Waals surface area contributed by atoms with E-state index in [4.69, 9.17) is 9.47 Å². The first kappa shape index (κ1) is 14.3. The van der Waals surface area contributed by atoms with Gasteiger partial charge in [-0.3, -0.25) is 4.79 Å². The smallest absolute Gasteiger partial charge is 0.159 e. The fourth-order valence-electron chi connectivity index (χ4n) is 1.97. The molecule has 2 aromatic carbocycles. The molecule has 3 heteroatoms. The van der Waals surface area contributed by atoms with Gasteiger partial charge in [-0.1, -0.05) is 36.4 Å². The summed E-state index contributed by atoms with van der Waals surface area (Å²) in [4.78, 5) is 11.5. The lowest BCUT2D eigenvalue weighted by molar-refractivity contribution is 0.101. The number of carbonyl (C=O) groups is 1. The van der Waals surface area contributed by atoms with E-state index in [0.29, 0.717) is 18.8 Å². The summed E-state index contributed by atoms with van der Waals surface area (Å²) in [5.41, 5.74) is 2.66. The van der Waals surface area contributed by atoms with Gasteiger partial charge in [0.05, 0.1) is 6.61 Å². The van der Waals surface area contributed by atoms with Crippen LogP contribution in [0.25, 0.3) is 11.1 Å². The van der Waals surface area contributed by atoms with E-state index >= 15 is 0 Å². The first-order chi connectivity index (χ1) is 9.72. The van der Waals surface area contributed by atoms with Gasteiger partial charge in [-0.2, -0.15) is 0 Å². The quantitative estimate of drug-likeness (QED) is 0.594. The summed E-state index contributed by atoms with van der Waals surface area (Å²) < 4.78 is 10.7. The third-order valence-electron chi connectivity index (χ3n) is 3.01. The molecule has 0 atom stereocenters. The molecule has 0 aliphatic rings. The van der Waals surface area contributed by atoms with E-state index in [2.05, 4.69) is 0 Å². The number of hydrogen-bond donors (Lipinski definition) is 0. The van der Waals surface area contributed by atoms with Crippen LogP contribution in [0.15, 0.2) is 48.5 Å². The number of methoxy groups -OCH3 is 1. The van der Waals surface area contributed by atoms with E-state index < -0.39 is 0 Å². The van der Waals surface area contributed by atoms with Crippen molar-refractivity contribution in [2.75, 3.05) is 20.3 Å². The Morgan fingerprint density at radius 2 is 1.85 bits per heavy atom. The molecule has 0 bridgehead atoms. The Balaban J connectivity index is 2.32. The molecule has 0 amide bonds. The Labute approximate surface area is 119 Å². The lowest BCUT2D eigenvalue weighted by atomic mass is 10.0. The molecule has 0 fully saturated rings. The Kier molecular flexibility index (Phi) is 4.91. The molecule has 2 aromatic rings. The summed E-state index contributed by atoms with van der Waals surface area (Å²) in [5.74, 6) is 0.856. The predicted octanol–water partition coefficient (Wildman–Crippen LogP) is 3.58. The van der Waals surface area contributed by atoms with Crippen molar-refractivity contribution < 1.29 is 14.3 Å². The van der Waals surface area contributed by atoms with Crippen LogP contribution >= 0.6 is 0 Å². The molecular formula is C17H18O3. The van der Waals surface area contributed by atoms with Crippen LogP contribution in [0.5, 0.6) is 5.75 Å². The van der Waals surface area contributed by atoms with E-state index in [1.54, 1.807) is 14.0 Å². The van der Waals surface area contributed by atoms with Gasteiger partial charge >= 0.3 is 0 Å². The van der Waals surface area contributed by atoms with Crippen molar-refractivity contribution in [2.45, 2.75) is 6.92 Å². The Hall–Kier alpha value is -2.13. The first-order valence-electron chi connectivity index (χ1n) is 6.54. The number of carbonyl (C=O) groups excluding carboxylic acids is 1. The van der Waals surface area contributed by atoms with Crippen LogP contribution in [0.2, 0.25) is 0 Å². The Morgan fingerprint density at radius 1 is 1.05 bits per heavy atom. The van der Waals surface area contributed by atoms with E-state index in [-0.39, 0.29) is 5.78 Å². The zero-order valence-corrected chi connectivity index (χ0v) is 11.8. The van der Waals surface area contributed by atoms with Gasteiger partial charge in [0, 0.05) is 18.2 Å². The minimum absolute atomic E-state index is 0.0598. The summed E-state index contributed by atoms with van der Waals surface area (Å²) in [7, 11) is 1.64. The van der Waals surface area contributed by atoms with Crippen molar-refractivity contribution in [3.63, 3.8) is 0 Å². The van der Waals surface area contributed by atoms with Crippen LogP contribution in [0.3, 0.4) is 0 Å². The third-order valence-corrected chi connectivity index (χ3v) is 3.01. The summed E-state index contributed by atoms with van der Waals surface area (Å²) in [6.45, 7) is 2.61. The highest BCUT2D eigenvalue weighted by atomic mass is 16.5. The van der Waals surface area contributed by atoms with E-state index in [1.807, 2.05) is 48.5 Å². The molecule has 3 nitrogen and oxygen atoms in total. The van der Waals surface area contributed by atoms with Crippen LogP contribution in [0, 0.1) is 0 Å². The van der Waals surface area contributed by atoms with Crippen molar-refractivity contribution in [3.05, 3.63) is 54.1 Å². The van der Waals surface area contributed by atoms with Crippen LogP contribution in [0.4, 0.5) is 0 Å². The predicted molar refractivity (Wildman–Crippen MR) is 79.3 cm³/mol. The Morgan fingerprint density at radius 3 is 2.60 bits per heavy atom. The van der Waals surface area contributed by atoms with Crippen LogP contribution in [0.1, 0.15) is 17.3 Å². The van der Waals surface area contributed by atoms with Gasteiger partial charge < -0.3 is 9.47 Å². The molecule has 0 aliphatic heterocycles. The molecule has 0 heterocycles. The maximum absolute atomic E-state index is 11.5. The highest BCUT2D eigenvalue weighted by molar-refractivity contribution is 5.95. The molecule has 20 heavy (non-hydrogen) atoms. The van der Waals surface area contributed by atoms with Gasteiger partial charge in [-0.15, -0.1) is 0 Å². The number of hydrogen-bond acceptors (Lipinski definition) is 3. The summed E-state index contributed by atoms with van der Waals surface area (Å²) in [5, 5.41) is 0. The number of para-hydroxylation sites is 1. The standard InChI is InChI=1S/C17H18O3/c1-13(18)14-6-5-7-15(12-14)16-8-3-4-9-17(16)20-11-10-19-2/h3-9,12H,10-11H2,1-2H3. The molecule has 0 saturated carbocycles. The highest BCUT2D eigenvalue weighted by Crippen LogP contribution is 2.30. The van der Waals surface area contributed by atoms with Gasteiger partial charge in [-0.25, -0.2) is 0 Å². The zero-order chi connectivity index (χ0) is 14.4. The number of ketones is 1. The second-order valence-electron chi connectivity index (χ2n) is 4.47. The molecule has 0 unspecified atom stereocenters. The molecule has 0 radical (unpaired) electrons. The normalized spacial score (nSPS) is 10.3. The molecule has 0 saturated heterocycles. The molecule has 104 valence electrons. The summed E-state index contributed by atoms with van der Waals surface area (Å²) >= 11 is 0. The van der Waals surface area contributed by atoms with Crippen molar-refractivity contribution >= 4 is 5.78 Å². The number of Topliss-reactive ketones (excluding diaryl/α,β-unsaturated/α-hetero) is 1. The van der Waals surface area contributed by atoms with Crippen LogP contribution < -0.4 is 4.74 Å². The number of ether oxygens (including phenoxy) is 2. The van der Waals surface area contributed by atoms with Gasteiger partial charge in [0.15, 0.2) is 5.78 Å². The fraction of sp³-hybridized carbons (Fsp3) is 0.235. The monoisotopic (exact) mass is 270 g/mol. The minimum atomic E-state index is 0.0598. The van der Waals surface area contributed by atoms with Crippen molar-refractivity contribution in [1.29, 1.82) is 0 Å². The SMILES string of the molecule is COCCOc1ccccc1-c1cccc(C(C)=O)c1. The lowest BCUT2D eigenvalue weighted by Gasteiger charge is -2.11. The lowest BCUT2D eigenvalue weighted by Crippen LogP contribution is -2.05. The van der Waals surface area contributed by atoms with Crippen molar-refractivity contribution in [3.8, 4) is 16.9 Å². The van der Waals surface area contributed by atoms with Gasteiger partial charge in [0.2, 0.25) is 0 Å². The van der Waals surface area contributed by atoms with Crippen molar-refractivity contribution in [2.24, 2.45) is 0 Å². The molecule has 0 aromatic heterocycles. The molecular weight excluding hydrogens is 252 g/mol. The second-order valence-corrected chi connectivity index (χ2v) is 4.47. The molecule has 0 N–H and O–H groups in total. The second kappa shape index (κ2) is 6.87. The van der Waals surface area contributed by atoms with E-state index in [1.165, 1.54) is 0 Å². The average Bonchev–Trinajstić information content (AvgIpc) is 2.48. The van der Waals surface area contributed by atoms with Crippen molar-refractivity contribution in [1.82, 2.24) is 0 Å². The van der Waals surface area contributed by atoms with Gasteiger partial charge in [-0.05, 0) is 24.6 Å². The van der Waals surface area contributed by atoms with Gasteiger partial charge in [0.1, 0.15) is 12.4 Å². The fourth-order valence-corrected chi connectivity index (χ4v) is 1.97. The topological polar surface area (TPSA) is 35.5 Å². The minimum Gasteiger partial charge on any atom is -0.491 e. The van der Waals surface area contributed by atoms with Gasteiger partial charge in [0.25, 0.3) is 0 Å². The Bertz CT molecular complexity index is 590. The summed E-state index contributed by atoms with van der Waals surface area (Å²) in [6.07, 6.45) is 0. The molecule has 2 rings (SSSR count). The van der Waals surface area contributed by atoms with E-state index in [9.17, 15) is 4.79 Å². The number of benzene rings is 2. The third kappa shape index (κ3) is 3.45. The summed E-state index contributed by atoms with van der Waals surface area (Å²) in [6, 6.07) is 15.4.